The lowest BCUT2D eigenvalue weighted by atomic mass is 9.98. The van der Waals surface area contributed by atoms with Crippen LogP contribution in [-0.2, 0) is 4.79 Å². The monoisotopic (exact) mass is 152 g/mol. The molecule has 0 unspecified atom stereocenters. The van der Waals surface area contributed by atoms with Gasteiger partial charge >= 0.3 is 5.97 Å². The molecule has 1 N–H and O–H groups in total. The van der Waals surface area contributed by atoms with Crippen molar-refractivity contribution < 1.29 is 9.90 Å². The van der Waals surface area contributed by atoms with E-state index in [4.69, 9.17) is 5.11 Å². The molecule has 11 heavy (non-hydrogen) atoms. The van der Waals surface area contributed by atoms with Crippen molar-refractivity contribution in [2.75, 3.05) is 0 Å². The van der Waals surface area contributed by atoms with E-state index in [1.807, 2.05) is 6.08 Å². The standard InChI is InChI=1S/C9H12O2/c1-3-9(4-5-9)6-7(2)8(10)11/h3H,1-2,4-6H2,(H,10,11). The van der Waals surface area contributed by atoms with Gasteiger partial charge in [0.1, 0.15) is 0 Å². The van der Waals surface area contributed by atoms with Crippen LogP contribution in [0.5, 0.6) is 0 Å². The Morgan fingerprint density at radius 2 is 2.18 bits per heavy atom. The molecule has 0 spiro atoms. The van der Waals surface area contributed by atoms with E-state index < -0.39 is 5.97 Å². The third kappa shape index (κ3) is 1.70. The topological polar surface area (TPSA) is 37.3 Å². The summed E-state index contributed by atoms with van der Waals surface area (Å²) < 4.78 is 0. The minimum absolute atomic E-state index is 0.0788. The SMILES string of the molecule is C=CC1(CC(=C)C(=O)O)CC1. The quantitative estimate of drug-likeness (QED) is 0.494. The first kappa shape index (κ1) is 8.05. The molecule has 0 aliphatic heterocycles. The molecule has 0 aromatic heterocycles. The third-order valence-corrected chi connectivity index (χ3v) is 2.19. The van der Waals surface area contributed by atoms with E-state index in [2.05, 4.69) is 13.2 Å². The Morgan fingerprint density at radius 3 is 2.45 bits per heavy atom. The molecule has 0 aromatic rings. The number of rotatable bonds is 4. The number of allylic oxidation sites excluding steroid dienone is 1. The van der Waals surface area contributed by atoms with Gasteiger partial charge in [0.15, 0.2) is 0 Å². The van der Waals surface area contributed by atoms with Gasteiger partial charge in [-0.15, -0.1) is 6.58 Å². The van der Waals surface area contributed by atoms with Crippen LogP contribution in [0.4, 0.5) is 0 Å². The molecule has 0 heterocycles. The highest BCUT2D eigenvalue weighted by atomic mass is 16.4. The zero-order valence-electron chi connectivity index (χ0n) is 6.47. The highest BCUT2D eigenvalue weighted by molar-refractivity contribution is 5.86. The molecule has 1 aliphatic carbocycles. The van der Waals surface area contributed by atoms with Crippen molar-refractivity contribution in [2.24, 2.45) is 5.41 Å². The number of carboxylic acids is 1. The predicted octanol–water partition coefficient (Wildman–Crippen LogP) is 1.98. The average molecular weight is 152 g/mol. The molecule has 0 atom stereocenters. The first-order valence-corrected chi connectivity index (χ1v) is 3.64. The lowest BCUT2D eigenvalue weighted by Crippen LogP contribution is -2.05. The maximum Gasteiger partial charge on any atom is 0.330 e. The van der Waals surface area contributed by atoms with Crippen LogP contribution < -0.4 is 0 Å². The molecular formula is C9H12O2. The summed E-state index contributed by atoms with van der Waals surface area (Å²) >= 11 is 0. The van der Waals surface area contributed by atoms with E-state index in [1.54, 1.807) is 0 Å². The molecular weight excluding hydrogens is 140 g/mol. The van der Waals surface area contributed by atoms with Crippen LogP contribution in [0.15, 0.2) is 24.8 Å². The van der Waals surface area contributed by atoms with Crippen molar-refractivity contribution in [3.63, 3.8) is 0 Å². The number of aliphatic carboxylic acids is 1. The fourth-order valence-electron chi connectivity index (χ4n) is 1.11. The molecule has 2 nitrogen and oxygen atoms in total. The predicted molar refractivity (Wildman–Crippen MR) is 43.3 cm³/mol. The van der Waals surface area contributed by atoms with E-state index in [0.717, 1.165) is 12.8 Å². The molecule has 2 heteroatoms. The van der Waals surface area contributed by atoms with Crippen LogP contribution in [-0.4, -0.2) is 11.1 Å². The van der Waals surface area contributed by atoms with Gasteiger partial charge in [-0.2, -0.15) is 0 Å². The summed E-state index contributed by atoms with van der Waals surface area (Å²) in [6.45, 7) is 7.15. The Hall–Kier alpha value is -1.05. The second-order valence-electron chi connectivity index (χ2n) is 3.15. The number of carbonyl (C=O) groups is 1. The van der Waals surface area contributed by atoms with Crippen molar-refractivity contribution in [3.05, 3.63) is 24.8 Å². The van der Waals surface area contributed by atoms with Gasteiger partial charge < -0.3 is 5.11 Å². The number of hydrogen-bond donors (Lipinski definition) is 1. The molecule has 0 saturated heterocycles. The average Bonchev–Trinajstić information content (AvgIpc) is 2.69. The normalized spacial score (nSPS) is 18.9. The highest BCUT2D eigenvalue weighted by Crippen LogP contribution is 2.51. The largest absolute Gasteiger partial charge is 0.478 e. The molecule has 0 radical (unpaired) electrons. The van der Waals surface area contributed by atoms with Gasteiger partial charge in [0.25, 0.3) is 0 Å². The van der Waals surface area contributed by atoms with Crippen LogP contribution in [0.3, 0.4) is 0 Å². The summed E-state index contributed by atoms with van der Waals surface area (Å²) in [5.74, 6) is -0.891. The van der Waals surface area contributed by atoms with E-state index in [9.17, 15) is 4.79 Å². The van der Waals surface area contributed by atoms with Crippen LogP contribution in [0, 0.1) is 5.41 Å². The van der Waals surface area contributed by atoms with Gasteiger partial charge in [-0.3, -0.25) is 0 Å². The zero-order valence-corrected chi connectivity index (χ0v) is 6.47. The first-order chi connectivity index (χ1) is 5.09. The molecule has 1 saturated carbocycles. The summed E-state index contributed by atoms with van der Waals surface area (Å²) in [5, 5.41) is 8.53. The zero-order chi connectivity index (χ0) is 8.48. The van der Waals surface area contributed by atoms with E-state index in [0.29, 0.717) is 12.0 Å². The Kier molecular flexibility index (Phi) is 1.85. The van der Waals surface area contributed by atoms with E-state index >= 15 is 0 Å². The second kappa shape index (κ2) is 2.53. The third-order valence-electron chi connectivity index (χ3n) is 2.19. The van der Waals surface area contributed by atoms with Gasteiger partial charge in [-0.25, -0.2) is 4.79 Å². The highest BCUT2D eigenvalue weighted by Gasteiger charge is 2.40. The first-order valence-electron chi connectivity index (χ1n) is 3.64. The van der Waals surface area contributed by atoms with E-state index in [-0.39, 0.29) is 5.41 Å². The summed E-state index contributed by atoms with van der Waals surface area (Å²) in [6, 6.07) is 0. The van der Waals surface area contributed by atoms with Crippen LogP contribution in [0.1, 0.15) is 19.3 Å². The number of carboxylic acid groups (broad SMARTS) is 1. The molecule has 0 aromatic carbocycles. The van der Waals surface area contributed by atoms with Crippen molar-refractivity contribution in [1.82, 2.24) is 0 Å². The summed E-state index contributed by atoms with van der Waals surface area (Å²) in [6.07, 6.45) is 4.53. The maximum absolute atomic E-state index is 10.4. The van der Waals surface area contributed by atoms with Crippen LogP contribution in [0.25, 0.3) is 0 Å². The smallest absolute Gasteiger partial charge is 0.330 e. The summed E-state index contributed by atoms with van der Waals surface area (Å²) in [4.78, 5) is 10.4. The van der Waals surface area contributed by atoms with Crippen LogP contribution >= 0.6 is 0 Å². The Morgan fingerprint density at radius 1 is 1.64 bits per heavy atom. The van der Waals surface area contributed by atoms with Gasteiger partial charge in [0.2, 0.25) is 0 Å². The minimum Gasteiger partial charge on any atom is -0.478 e. The van der Waals surface area contributed by atoms with Gasteiger partial charge in [-0.1, -0.05) is 12.7 Å². The Labute approximate surface area is 66.2 Å². The van der Waals surface area contributed by atoms with Gasteiger partial charge in [0.05, 0.1) is 0 Å². The molecule has 0 amide bonds. The van der Waals surface area contributed by atoms with E-state index in [1.165, 1.54) is 0 Å². The second-order valence-corrected chi connectivity index (χ2v) is 3.15. The maximum atomic E-state index is 10.4. The van der Waals surface area contributed by atoms with Gasteiger partial charge in [0, 0.05) is 5.57 Å². The lowest BCUT2D eigenvalue weighted by molar-refractivity contribution is -0.132. The van der Waals surface area contributed by atoms with Crippen molar-refractivity contribution in [1.29, 1.82) is 0 Å². The fourth-order valence-corrected chi connectivity index (χ4v) is 1.11. The fraction of sp³-hybridized carbons (Fsp3) is 0.444. The summed E-state index contributed by atoms with van der Waals surface area (Å²) in [5.41, 5.74) is 0.373. The van der Waals surface area contributed by atoms with Crippen LogP contribution in [0.2, 0.25) is 0 Å². The molecule has 60 valence electrons. The minimum atomic E-state index is -0.891. The molecule has 1 fully saturated rings. The number of hydrogen-bond acceptors (Lipinski definition) is 1. The Balaban J connectivity index is 2.48. The van der Waals surface area contributed by atoms with Crippen molar-refractivity contribution in [2.45, 2.75) is 19.3 Å². The van der Waals surface area contributed by atoms with Crippen molar-refractivity contribution >= 4 is 5.97 Å². The van der Waals surface area contributed by atoms with Crippen molar-refractivity contribution in [3.8, 4) is 0 Å². The molecule has 1 rings (SSSR count). The Bertz CT molecular complexity index is 212. The molecule has 0 bridgehead atoms. The molecule has 1 aliphatic rings. The summed E-state index contributed by atoms with van der Waals surface area (Å²) in [7, 11) is 0. The lowest BCUT2D eigenvalue weighted by Gasteiger charge is -2.07. The van der Waals surface area contributed by atoms with Gasteiger partial charge in [-0.05, 0) is 24.7 Å².